The summed E-state index contributed by atoms with van der Waals surface area (Å²) in [5, 5.41) is 12.7. The first-order valence-corrected chi connectivity index (χ1v) is 12.1. The van der Waals surface area contributed by atoms with E-state index in [4.69, 9.17) is 9.88 Å². The van der Waals surface area contributed by atoms with Crippen molar-refractivity contribution in [1.82, 2.24) is 15.1 Å². The first-order valence-electron chi connectivity index (χ1n) is 10.5. The minimum Gasteiger partial charge on any atom is -0.497 e. The normalized spacial score (nSPS) is 11.2. The van der Waals surface area contributed by atoms with E-state index in [1.54, 1.807) is 30.1 Å². The lowest BCUT2D eigenvalue weighted by Gasteiger charge is -2.07. The molecule has 3 N–H and O–H groups in total. The Morgan fingerprint density at radius 2 is 1.76 bits per heavy atom. The van der Waals surface area contributed by atoms with Gasteiger partial charge in [-0.05, 0) is 48.4 Å². The SMILES string of the molecule is COc1cccc(-c2nn(-c3ccccc3)cc2C(=O)NCCc2ccc(S(N)(=O)=O)cc2)c1. The molecule has 0 spiro atoms. The van der Waals surface area contributed by atoms with Gasteiger partial charge in [0, 0.05) is 18.3 Å². The summed E-state index contributed by atoms with van der Waals surface area (Å²) in [5.41, 5.74) is 3.44. The maximum absolute atomic E-state index is 13.1. The Bertz CT molecular complexity index is 1400. The van der Waals surface area contributed by atoms with Crippen molar-refractivity contribution in [3.05, 3.63) is 96.2 Å². The Morgan fingerprint density at radius 1 is 1.03 bits per heavy atom. The van der Waals surface area contributed by atoms with Crippen molar-refractivity contribution in [1.29, 1.82) is 0 Å². The largest absolute Gasteiger partial charge is 0.497 e. The molecule has 4 aromatic rings. The highest BCUT2D eigenvalue weighted by molar-refractivity contribution is 7.89. The first-order chi connectivity index (χ1) is 16.3. The van der Waals surface area contributed by atoms with Crippen LogP contribution in [-0.2, 0) is 16.4 Å². The van der Waals surface area contributed by atoms with E-state index < -0.39 is 10.0 Å². The Balaban J connectivity index is 1.55. The van der Waals surface area contributed by atoms with Crippen molar-refractivity contribution in [2.24, 2.45) is 5.14 Å². The molecule has 0 radical (unpaired) electrons. The molecule has 9 heteroatoms. The Kier molecular flexibility index (Phi) is 6.76. The number of rotatable bonds is 8. The molecular formula is C25H24N4O4S. The summed E-state index contributed by atoms with van der Waals surface area (Å²) >= 11 is 0. The summed E-state index contributed by atoms with van der Waals surface area (Å²) in [6.07, 6.45) is 2.23. The number of ether oxygens (including phenoxy) is 1. The van der Waals surface area contributed by atoms with Gasteiger partial charge in [-0.1, -0.05) is 42.5 Å². The summed E-state index contributed by atoms with van der Waals surface area (Å²) in [6.45, 7) is 0.363. The van der Waals surface area contributed by atoms with Crippen molar-refractivity contribution in [2.45, 2.75) is 11.3 Å². The number of aromatic nitrogens is 2. The number of methoxy groups -OCH3 is 1. The van der Waals surface area contributed by atoms with Crippen molar-refractivity contribution >= 4 is 15.9 Å². The molecule has 0 bridgehead atoms. The van der Waals surface area contributed by atoms with Gasteiger partial charge in [0.05, 0.1) is 23.3 Å². The van der Waals surface area contributed by atoms with Gasteiger partial charge in [0.2, 0.25) is 10.0 Å². The second-order valence-corrected chi connectivity index (χ2v) is 9.16. The average Bonchev–Trinajstić information content (AvgIpc) is 3.30. The van der Waals surface area contributed by atoms with Crippen LogP contribution < -0.4 is 15.2 Å². The van der Waals surface area contributed by atoms with Crippen LogP contribution in [0.15, 0.2) is 90.0 Å². The molecule has 3 aromatic carbocycles. The van der Waals surface area contributed by atoms with E-state index in [9.17, 15) is 13.2 Å². The molecule has 1 aromatic heterocycles. The number of primary sulfonamides is 1. The highest BCUT2D eigenvalue weighted by Crippen LogP contribution is 2.27. The highest BCUT2D eigenvalue weighted by Gasteiger charge is 2.19. The number of amides is 1. The zero-order valence-corrected chi connectivity index (χ0v) is 19.3. The number of nitrogens with zero attached hydrogens (tertiary/aromatic N) is 2. The fourth-order valence-electron chi connectivity index (χ4n) is 3.50. The van der Waals surface area contributed by atoms with Crippen LogP contribution in [0.2, 0.25) is 0 Å². The molecule has 34 heavy (non-hydrogen) atoms. The second kappa shape index (κ2) is 9.90. The first kappa shape index (κ1) is 23.2. The van der Waals surface area contributed by atoms with E-state index in [1.165, 1.54) is 12.1 Å². The maximum Gasteiger partial charge on any atom is 0.255 e. The van der Waals surface area contributed by atoms with Crippen LogP contribution in [0.4, 0.5) is 0 Å². The minimum absolute atomic E-state index is 0.0524. The summed E-state index contributed by atoms with van der Waals surface area (Å²) in [7, 11) is -2.15. The predicted molar refractivity (Wildman–Crippen MR) is 129 cm³/mol. The van der Waals surface area contributed by atoms with Gasteiger partial charge in [-0.2, -0.15) is 5.10 Å². The Hall–Kier alpha value is -3.95. The van der Waals surface area contributed by atoms with Crippen molar-refractivity contribution in [3.8, 4) is 22.7 Å². The molecule has 1 amide bonds. The van der Waals surface area contributed by atoms with Gasteiger partial charge in [-0.25, -0.2) is 18.2 Å². The van der Waals surface area contributed by atoms with Crippen molar-refractivity contribution < 1.29 is 17.9 Å². The van der Waals surface area contributed by atoms with Gasteiger partial charge < -0.3 is 10.1 Å². The van der Waals surface area contributed by atoms with E-state index in [2.05, 4.69) is 10.4 Å². The Morgan fingerprint density at radius 3 is 2.44 bits per heavy atom. The summed E-state index contributed by atoms with van der Waals surface area (Å²) in [5.74, 6) is 0.405. The van der Waals surface area contributed by atoms with Crippen LogP contribution in [0.3, 0.4) is 0 Å². The standard InChI is InChI=1S/C25H24N4O4S/c1-33-21-9-5-6-19(16-21)24-23(17-29(28-24)20-7-3-2-4-8-20)25(30)27-15-14-18-10-12-22(13-11-18)34(26,31)32/h2-13,16-17H,14-15H2,1H3,(H,27,30)(H2,26,31,32). The van der Waals surface area contributed by atoms with Crippen LogP contribution in [0.1, 0.15) is 15.9 Å². The van der Waals surface area contributed by atoms with Crippen LogP contribution >= 0.6 is 0 Å². The zero-order valence-electron chi connectivity index (χ0n) is 18.5. The molecule has 0 unspecified atom stereocenters. The zero-order chi connectivity index (χ0) is 24.1. The molecule has 0 aliphatic rings. The predicted octanol–water partition coefficient (Wildman–Crippen LogP) is 3.17. The third-order valence-corrected chi connectivity index (χ3v) is 6.20. The smallest absolute Gasteiger partial charge is 0.255 e. The quantitative estimate of drug-likeness (QED) is 0.405. The van der Waals surface area contributed by atoms with E-state index in [0.717, 1.165) is 16.8 Å². The van der Waals surface area contributed by atoms with Crippen LogP contribution in [0, 0.1) is 0 Å². The molecule has 0 aliphatic carbocycles. The van der Waals surface area contributed by atoms with Gasteiger partial charge in [0.15, 0.2) is 0 Å². The fourth-order valence-corrected chi connectivity index (χ4v) is 4.01. The third kappa shape index (κ3) is 5.33. The number of sulfonamides is 1. The second-order valence-electron chi connectivity index (χ2n) is 7.60. The number of carbonyl (C=O) groups excluding carboxylic acids is 1. The van der Waals surface area contributed by atoms with Gasteiger partial charge in [0.1, 0.15) is 11.4 Å². The number of nitrogens with two attached hydrogens (primary N) is 1. The molecule has 0 saturated heterocycles. The minimum atomic E-state index is -3.73. The third-order valence-electron chi connectivity index (χ3n) is 5.27. The summed E-state index contributed by atoms with van der Waals surface area (Å²) in [6, 6.07) is 23.2. The van der Waals surface area contributed by atoms with Crippen LogP contribution in [0.25, 0.3) is 16.9 Å². The summed E-state index contributed by atoms with van der Waals surface area (Å²) in [4.78, 5) is 13.2. The molecule has 4 rings (SSSR count). The monoisotopic (exact) mass is 476 g/mol. The molecule has 174 valence electrons. The molecule has 0 fully saturated rings. The van der Waals surface area contributed by atoms with E-state index in [-0.39, 0.29) is 10.8 Å². The average molecular weight is 477 g/mol. The number of carbonyl (C=O) groups is 1. The topological polar surface area (TPSA) is 116 Å². The number of benzene rings is 3. The highest BCUT2D eigenvalue weighted by atomic mass is 32.2. The van der Waals surface area contributed by atoms with Gasteiger partial charge in [-0.15, -0.1) is 0 Å². The maximum atomic E-state index is 13.1. The van der Waals surface area contributed by atoms with E-state index >= 15 is 0 Å². The van der Waals surface area contributed by atoms with E-state index in [0.29, 0.717) is 30.0 Å². The number of hydrogen-bond donors (Lipinski definition) is 2. The van der Waals surface area contributed by atoms with Crippen LogP contribution in [0.5, 0.6) is 5.75 Å². The van der Waals surface area contributed by atoms with Gasteiger partial charge in [0.25, 0.3) is 5.91 Å². The molecule has 0 aliphatic heterocycles. The molecule has 8 nitrogen and oxygen atoms in total. The Labute approximate surface area is 198 Å². The van der Waals surface area contributed by atoms with E-state index in [1.807, 2.05) is 54.6 Å². The number of hydrogen-bond acceptors (Lipinski definition) is 5. The molecule has 0 atom stereocenters. The van der Waals surface area contributed by atoms with Crippen molar-refractivity contribution in [2.75, 3.05) is 13.7 Å². The van der Waals surface area contributed by atoms with Crippen LogP contribution in [-0.4, -0.2) is 37.8 Å². The fraction of sp³-hybridized carbons (Fsp3) is 0.120. The lowest BCUT2D eigenvalue weighted by molar-refractivity contribution is 0.0954. The molecule has 1 heterocycles. The number of para-hydroxylation sites is 1. The van der Waals surface area contributed by atoms with Crippen molar-refractivity contribution in [3.63, 3.8) is 0 Å². The number of nitrogens with one attached hydrogen (secondary N) is 1. The molecule has 0 saturated carbocycles. The molecular weight excluding hydrogens is 452 g/mol. The lowest BCUT2D eigenvalue weighted by Crippen LogP contribution is -2.26. The van der Waals surface area contributed by atoms with Gasteiger partial charge >= 0.3 is 0 Å². The summed E-state index contributed by atoms with van der Waals surface area (Å²) < 4.78 is 29.8. The lowest BCUT2D eigenvalue weighted by atomic mass is 10.1. The van der Waals surface area contributed by atoms with Gasteiger partial charge in [-0.3, -0.25) is 4.79 Å².